The number of nitrogens with zero attached hydrogens (tertiary/aromatic N) is 5. The Kier molecular flexibility index (Phi) is 4.60. The van der Waals surface area contributed by atoms with Crippen LogP contribution in [-0.2, 0) is 4.74 Å². The molecule has 0 amide bonds. The summed E-state index contributed by atoms with van der Waals surface area (Å²) < 4.78 is 7.68. The molecule has 0 radical (unpaired) electrons. The Hall–Kier alpha value is -2.67. The molecule has 28 heavy (non-hydrogen) atoms. The molecule has 0 bridgehead atoms. The third-order valence-corrected chi connectivity index (χ3v) is 5.83. The molecule has 1 aliphatic heterocycles. The van der Waals surface area contributed by atoms with Crippen molar-refractivity contribution in [2.24, 2.45) is 0 Å². The average molecular weight is 378 g/mol. The molecule has 1 aromatic carbocycles. The molecule has 146 valence electrons. The molecule has 3 aromatic rings. The number of hydrogen-bond donors (Lipinski definition) is 1. The zero-order valence-electron chi connectivity index (χ0n) is 16.0. The number of aromatic nitrogens is 4. The highest BCUT2D eigenvalue weighted by molar-refractivity contribution is 5.89. The minimum absolute atomic E-state index is 0.429. The van der Waals surface area contributed by atoms with Crippen LogP contribution >= 0.6 is 0 Å². The normalized spacial score (nSPS) is 18.6. The van der Waals surface area contributed by atoms with E-state index in [-0.39, 0.29) is 0 Å². The van der Waals surface area contributed by atoms with Crippen LogP contribution in [-0.4, -0.2) is 46.1 Å². The quantitative estimate of drug-likeness (QED) is 0.703. The second-order valence-corrected chi connectivity index (χ2v) is 7.71. The maximum atomic E-state index is 5.87. The Bertz CT molecular complexity index is 955. The van der Waals surface area contributed by atoms with Gasteiger partial charge in [0.15, 0.2) is 11.5 Å². The van der Waals surface area contributed by atoms with Crippen LogP contribution in [0.2, 0.25) is 0 Å². The zero-order valence-corrected chi connectivity index (χ0v) is 16.0. The van der Waals surface area contributed by atoms with Gasteiger partial charge in [-0.2, -0.15) is 5.10 Å². The van der Waals surface area contributed by atoms with Crippen molar-refractivity contribution in [1.82, 2.24) is 19.7 Å². The van der Waals surface area contributed by atoms with E-state index in [1.165, 1.54) is 32.1 Å². The van der Waals surface area contributed by atoms with Crippen molar-refractivity contribution in [2.45, 2.75) is 38.1 Å². The third-order valence-electron chi connectivity index (χ3n) is 5.83. The Labute approximate surface area is 164 Å². The van der Waals surface area contributed by atoms with Crippen molar-refractivity contribution >= 4 is 22.5 Å². The lowest BCUT2D eigenvalue weighted by molar-refractivity contribution is 0.122. The van der Waals surface area contributed by atoms with Gasteiger partial charge in [-0.15, -0.1) is 0 Å². The standard InChI is InChI=1S/C21H26N6O/c22-16-8-6-15(7-9-16)19-24-20(26-10-12-28-13-11-26)18-14-23-27(21(18)25-19)17-4-2-1-3-5-17/h6-9,14,17H,1-5,10-13,22H2. The summed E-state index contributed by atoms with van der Waals surface area (Å²) in [6.07, 6.45) is 8.13. The van der Waals surface area contributed by atoms with Crippen LogP contribution in [0, 0.1) is 0 Å². The first-order valence-corrected chi connectivity index (χ1v) is 10.2. The molecular weight excluding hydrogens is 352 g/mol. The van der Waals surface area contributed by atoms with Crippen molar-refractivity contribution < 1.29 is 4.74 Å². The monoisotopic (exact) mass is 378 g/mol. The first-order valence-electron chi connectivity index (χ1n) is 10.2. The molecule has 0 atom stereocenters. The van der Waals surface area contributed by atoms with Crippen molar-refractivity contribution in [1.29, 1.82) is 0 Å². The number of ether oxygens (including phenoxy) is 1. The molecule has 0 unspecified atom stereocenters. The molecule has 5 rings (SSSR count). The summed E-state index contributed by atoms with van der Waals surface area (Å²) in [7, 11) is 0. The number of nitrogen functional groups attached to an aromatic ring is 1. The van der Waals surface area contributed by atoms with E-state index in [1.54, 1.807) is 0 Å². The van der Waals surface area contributed by atoms with Gasteiger partial charge >= 0.3 is 0 Å². The zero-order chi connectivity index (χ0) is 18.9. The first kappa shape index (κ1) is 17.4. The van der Waals surface area contributed by atoms with Crippen molar-refractivity contribution in [3.63, 3.8) is 0 Å². The first-order chi connectivity index (χ1) is 13.8. The van der Waals surface area contributed by atoms with Crippen molar-refractivity contribution in [3.05, 3.63) is 30.5 Å². The highest BCUT2D eigenvalue weighted by atomic mass is 16.5. The van der Waals surface area contributed by atoms with Gasteiger partial charge in [-0.05, 0) is 37.1 Å². The third kappa shape index (κ3) is 3.20. The lowest BCUT2D eigenvalue weighted by Gasteiger charge is -2.28. The van der Waals surface area contributed by atoms with Gasteiger partial charge in [0.2, 0.25) is 0 Å². The highest BCUT2D eigenvalue weighted by Gasteiger charge is 2.24. The summed E-state index contributed by atoms with van der Waals surface area (Å²) in [5.41, 5.74) is 8.53. The SMILES string of the molecule is Nc1ccc(-c2nc(N3CCOCC3)c3cnn(C4CCCCC4)c3n2)cc1. The molecule has 2 aliphatic rings. The second-order valence-electron chi connectivity index (χ2n) is 7.71. The molecule has 1 saturated heterocycles. The van der Waals surface area contributed by atoms with E-state index in [0.29, 0.717) is 6.04 Å². The Morgan fingerprint density at radius 1 is 0.964 bits per heavy atom. The number of anilines is 2. The van der Waals surface area contributed by atoms with Gasteiger partial charge in [0, 0.05) is 24.3 Å². The topological polar surface area (TPSA) is 82.1 Å². The minimum atomic E-state index is 0.429. The predicted octanol–water partition coefficient (Wildman–Crippen LogP) is 3.42. The molecule has 7 nitrogen and oxygen atoms in total. The number of fused-ring (bicyclic) bond motifs is 1. The number of benzene rings is 1. The molecule has 1 aliphatic carbocycles. The number of hydrogen-bond acceptors (Lipinski definition) is 6. The van der Waals surface area contributed by atoms with Crippen LogP contribution in [0.25, 0.3) is 22.4 Å². The van der Waals surface area contributed by atoms with Gasteiger partial charge in [-0.3, -0.25) is 0 Å². The highest BCUT2D eigenvalue weighted by Crippen LogP contribution is 2.33. The molecule has 0 spiro atoms. The lowest BCUT2D eigenvalue weighted by Crippen LogP contribution is -2.37. The maximum absolute atomic E-state index is 5.87. The minimum Gasteiger partial charge on any atom is -0.399 e. The van der Waals surface area contributed by atoms with E-state index in [2.05, 4.69) is 9.58 Å². The fraction of sp³-hybridized carbons (Fsp3) is 0.476. The van der Waals surface area contributed by atoms with E-state index < -0.39 is 0 Å². The molecule has 1 saturated carbocycles. The molecule has 3 heterocycles. The summed E-state index contributed by atoms with van der Waals surface area (Å²) in [4.78, 5) is 12.2. The van der Waals surface area contributed by atoms with Crippen LogP contribution in [0.15, 0.2) is 30.5 Å². The predicted molar refractivity (Wildman–Crippen MR) is 110 cm³/mol. The van der Waals surface area contributed by atoms with E-state index in [9.17, 15) is 0 Å². The van der Waals surface area contributed by atoms with E-state index in [0.717, 1.165) is 60.2 Å². The summed E-state index contributed by atoms with van der Waals surface area (Å²) in [6.45, 7) is 3.11. The maximum Gasteiger partial charge on any atom is 0.164 e. The summed E-state index contributed by atoms with van der Waals surface area (Å²) in [5, 5.41) is 5.79. The van der Waals surface area contributed by atoms with Gasteiger partial charge in [0.05, 0.1) is 30.8 Å². The van der Waals surface area contributed by atoms with E-state index in [4.69, 9.17) is 25.5 Å². The van der Waals surface area contributed by atoms with Crippen molar-refractivity contribution in [3.8, 4) is 11.4 Å². The van der Waals surface area contributed by atoms with Gasteiger partial charge in [-0.1, -0.05) is 19.3 Å². The Balaban J connectivity index is 1.65. The van der Waals surface area contributed by atoms with Crippen molar-refractivity contribution in [2.75, 3.05) is 36.9 Å². The molecule has 7 heteroatoms. The number of morpholine rings is 1. The number of nitrogens with two attached hydrogens (primary N) is 1. The largest absolute Gasteiger partial charge is 0.399 e. The van der Waals surface area contributed by atoms with Crippen LogP contribution in [0.4, 0.5) is 11.5 Å². The lowest BCUT2D eigenvalue weighted by atomic mass is 9.96. The average Bonchev–Trinajstić information content (AvgIpc) is 3.19. The van der Waals surface area contributed by atoms with Crippen LogP contribution in [0.5, 0.6) is 0 Å². The fourth-order valence-electron chi connectivity index (χ4n) is 4.28. The van der Waals surface area contributed by atoms with E-state index >= 15 is 0 Å². The second kappa shape index (κ2) is 7.39. The fourth-order valence-corrected chi connectivity index (χ4v) is 4.28. The van der Waals surface area contributed by atoms with Gasteiger partial charge in [-0.25, -0.2) is 14.6 Å². The summed E-state index contributed by atoms with van der Waals surface area (Å²) in [6, 6.07) is 8.20. The smallest absolute Gasteiger partial charge is 0.164 e. The van der Waals surface area contributed by atoms with Crippen LogP contribution in [0.3, 0.4) is 0 Å². The van der Waals surface area contributed by atoms with E-state index in [1.807, 2.05) is 30.5 Å². The van der Waals surface area contributed by atoms with Gasteiger partial charge < -0.3 is 15.4 Å². The van der Waals surface area contributed by atoms with Crippen LogP contribution < -0.4 is 10.6 Å². The van der Waals surface area contributed by atoms with Gasteiger partial charge in [0.1, 0.15) is 5.82 Å². The number of rotatable bonds is 3. The molecule has 2 N–H and O–H groups in total. The van der Waals surface area contributed by atoms with Crippen LogP contribution in [0.1, 0.15) is 38.1 Å². The Morgan fingerprint density at radius 3 is 2.46 bits per heavy atom. The molecule has 2 aromatic heterocycles. The molecule has 2 fully saturated rings. The summed E-state index contributed by atoms with van der Waals surface area (Å²) in [5.74, 6) is 1.69. The Morgan fingerprint density at radius 2 is 1.71 bits per heavy atom. The summed E-state index contributed by atoms with van der Waals surface area (Å²) >= 11 is 0. The van der Waals surface area contributed by atoms with Gasteiger partial charge in [0.25, 0.3) is 0 Å². The molecular formula is C21H26N6O.